The van der Waals surface area contributed by atoms with Crippen molar-refractivity contribution in [3.63, 3.8) is 0 Å². The molecule has 148 valence electrons. The lowest BCUT2D eigenvalue weighted by Crippen LogP contribution is -2.23. The number of hydrogen-bond acceptors (Lipinski definition) is 5. The van der Waals surface area contributed by atoms with Gasteiger partial charge in [-0.1, -0.05) is 18.2 Å². The van der Waals surface area contributed by atoms with Crippen LogP contribution in [0.1, 0.15) is 16.7 Å². The van der Waals surface area contributed by atoms with E-state index in [-0.39, 0.29) is 29.7 Å². The van der Waals surface area contributed by atoms with Crippen LogP contribution in [0.3, 0.4) is 0 Å². The van der Waals surface area contributed by atoms with Crippen LogP contribution in [0.2, 0.25) is 0 Å². The zero-order valence-electron chi connectivity index (χ0n) is 13.9. The quantitative estimate of drug-likeness (QED) is 0.746. The van der Waals surface area contributed by atoms with E-state index in [0.29, 0.717) is 0 Å². The summed E-state index contributed by atoms with van der Waals surface area (Å²) in [5.74, 6) is -0.299. The molecule has 1 aliphatic rings. The average Bonchev–Trinajstić information content (AvgIpc) is 3.06. The molecule has 0 saturated carbocycles. The fourth-order valence-electron chi connectivity index (χ4n) is 2.49. The predicted octanol–water partition coefficient (Wildman–Crippen LogP) is 2.53. The monoisotopic (exact) mass is 423 g/mol. The molecule has 2 aromatic rings. The van der Waals surface area contributed by atoms with Crippen molar-refractivity contribution < 1.29 is 26.3 Å². The van der Waals surface area contributed by atoms with E-state index >= 15 is 0 Å². The van der Waals surface area contributed by atoms with Gasteiger partial charge in [0.2, 0.25) is 15.9 Å². The fourth-order valence-corrected chi connectivity index (χ4v) is 3.45. The van der Waals surface area contributed by atoms with E-state index in [1.807, 2.05) is 18.2 Å². The second-order valence-electron chi connectivity index (χ2n) is 5.77. The topological polar surface area (TPSA) is 80.3 Å². The fraction of sp³-hybridized carbons (Fsp3) is 0.312. The second-order valence-corrected chi connectivity index (χ2v) is 7.53. The van der Waals surface area contributed by atoms with Crippen molar-refractivity contribution in [2.24, 2.45) is 0 Å². The van der Waals surface area contributed by atoms with Crippen LogP contribution in [-0.4, -0.2) is 26.2 Å². The molecule has 2 N–H and O–H groups in total. The van der Waals surface area contributed by atoms with Gasteiger partial charge in [0.25, 0.3) is 0 Å². The summed E-state index contributed by atoms with van der Waals surface area (Å²) in [6.45, 7) is 0.161. The van der Waals surface area contributed by atoms with Crippen molar-refractivity contribution in [2.45, 2.75) is 30.7 Å². The summed E-state index contributed by atoms with van der Waals surface area (Å²) in [5, 5.41) is 3.21. The molecule has 0 aliphatic carbocycles. The van der Waals surface area contributed by atoms with Crippen LogP contribution in [0.15, 0.2) is 41.4 Å². The van der Waals surface area contributed by atoms with E-state index in [1.165, 1.54) is 5.56 Å². The van der Waals surface area contributed by atoms with Gasteiger partial charge in [0, 0.05) is 25.7 Å². The SMILES string of the molecule is Cl.O=S(=O)(NCc1ccc2c(c1)CNC2)c1ccc(OCC(F)(F)F)nc1. The third kappa shape index (κ3) is 5.80. The molecule has 1 aromatic heterocycles. The standard InChI is InChI=1S/C16H16F3N3O3S.ClH/c17-16(18,19)10-25-15-4-3-14(9-21-15)26(23,24)22-6-11-1-2-12-7-20-8-13(12)5-11;/h1-5,9,20,22H,6-8,10H2;1H. The first-order valence-electron chi connectivity index (χ1n) is 7.70. The summed E-state index contributed by atoms with van der Waals surface area (Å²) in [6, 6.07) is 7.97. The lowest BCUT2D eigenvalue weighted by Gasteiger charge is -2.10. The molecule has 6 nitrogen and oxygen atoms in total. The van der Waals surface area contributed by atoms with Gasteiger partial charge >= 0.3 is 6.18 Å². The van der Waals surface area contributed by atoms with E-state index in [9.17, 15) is 21.6 Å². The number of aromatic nitrogens is 1. The minimum atomic E-state index is -4.49. The van der Waals surface area contributed by atoms with Crippen molar-refractivity contribution >= 4 is 22.4 Å². The van der Waals surface area contributed by atoms with Crippen LogP contribution < -0.4 is 14.8 Å². The summed E-state index contributed by atoms with van der Waals surface area (Å²) in [6.07, 6.45) is -3.53. The molecule has 0 radical (unpaired) electrons. The minimum Gasteiger partial charge on any atom is -0.468 e. The van der Waals surface area contributed by atoms with E-state index in [4.69, 9.17) is 0 Å². The van der Waals surface area contributed by atoms with Crippen LogP contribution in [0.25, 0.3) is 0 Å². The third-order valence-corrected chi connectivity index (χ3v) is 5.16. The van der Waals surface area contributed by atoms with Crippen LogP contribution in [0, 0.1) is 0 Å². The summed E-state index contributed by atoms with van der Waals surface area (Å²) in [7, 11) is -3.84. The molecule has 1 aliphatic heterocycles. The Kier molecular flexibility index (Phi) is 6.68. The highest BCUT2D eigenvalue weighted by atomic mass is 35.5. The Morgan fingerprint density at radius 2 is 1.89 bits per heavy atom. The van der Waals surface area contributed by atoms with Gasteiger partial charge in [-0.05, 0) is 22.8 Å². The molecule has 0 fully saturated rings. The molecule has 2 heterocycles. The predicted molar refractivity (Wildman–Crippen MR) is 94.0 cm³/mol. The first-order chi connectivity index (χ1) is 12.2. The van der Waals surface area contributed by atoms with Gasteiger partial charge in [0.1, 0.15) is 4.90 Å². The molecule has 11 heteroatoms. The molecule has 3 rings (SSSR count). The van der Waals surface area contributed by atoms with Crippen molar-refractivity contribution in [3.8, 4) is 5.88 Å². The lowest BCUT2D eigenvalue weighted by molar-refractivity contribution is -0.154. The highest BCUT2D eigenvalue weighted by Gasteiger charge is 2.28. The normalized spacial score (nSPS) is 13.7. The van der Waals surface area contributed by atoms with Crippen LogP contribution in [0.5, 0.6) is 5.88 Å². The number of fused-ring (bicyclic) bond motifs is 1. The van der Waals surface area contributed by atoms with E-state index in [0.717, 1.165) is 42.5 Å². The number of sulfonamides is 1. The molecule has 0 atom stereocenters. The van der Waals surface area contributed by atoms with Crippen molar-refractivity contribution in [3.05, 3.63) is 53.2 Å². The maximum atomic E-state index is 12.3. The number of alkyl halides is 3. The number of pyridine rings is 1. The van der Waals surface area contributed by atoms with Crippen LogP contribution >= 0.6 is 12.4 Å². The smallest absolute Gasteiger partial charge is 0.422 e. The summed E-state index contributed by atoms with van der Waals surface area (Å²) < 4.78 is 67.7. The minimum absolute atomic E-state index is 0. The Hall–Kier alpha value is -1.88. The zero-order valence-corrected chi connectivity index (χ0v) is 15.5. The molecule has 0 unspecified atom stereocenters. The molecule has 0 amide bonds. The second kappa shape index (κ2) is 8.42. The maximum Gasteiger partial charge on any atom is 0.422 e. The van der Waals surface area contributed by atoms with Gasteiger partial charge in [0.15, 0.2) is 6.61 Å². The number of ether oxygens (including phenoxy) is 1. The molecular weight excluding hydrogens is 407 g/mol. The molecule has 27 heavy (non-hydrogen) atoms. The molecule has 0 bridgehead atoms. The number of benzene rings is 1. The third-order valence-electron chi connectivity index (χ3n) is 3.77. The number of halogens is 4. The van der Waals surface area contributed by atoms with Gasteiger partial charge in [-0.3, -0.25) is 0 Å². The summed E-state index contributed by atoms with van der Waals surface area (Å²) in [4.78, 5) is 3.45. The van der Waals surface area contributed by atoms with Crippen molar-refractivity contribution in [2.75, 3.05) is 6.61 Å². The Balaban J connectivity index is 0.00000261. The highest BCUT2D eigenvalue weighted by molar-refractivity contribution is 7.89. The Morgan fingerprint density at radius 1 is 1.15 bits per heavy atom. The van der Waals surface area contributed by atoms with E-state index in [1.54, 1.807) is 0 Å². The molecule has 1 aromatic carbocycles. The molecule has 0 saturated heterocycles. The Labute approximate surface area is 160 Å². The Morgan fingerprint density at radius 3 is 2.56 bits per heavy atom. The van der Waals surface area contributed by atoms with Gasteiger partial charge in [-0.15, -0.1) is 12.4 Å². The first-order valence-corrected chi connectivity index (χ1v) is 9.18. The average molecular weight is 424 g/mol. The number of hydrogen-bond donors (Lipinski definition) is 2. The first kappa shape index (κ1) is 21.4. The van der Waals surface area contributed by atoms with Gasteiger partial charge in [-0.2, -0.15) is 13.2 Å². The number of nitrogens with one attached hydrogen (secondary N) is 2. The highest BCUT2D eigenvalue weighted by Crippen LogP contribution is 2.19. The van der Waals surface area contributed by atoms with Crippen LogP contribution in [0.4, 0.5) is 13.2 Å². The largest absolute Gasteiger partial charge is 0.468 e. The van der Waals surface area contributed by atoms with Gasteiger partial charge < -0.3 is 10.1 Å². The van der Waals surface area contributed by atoms with Crippen molar-refractivity contribution in [1.29, 1.82) is 0 Å². The van der Waals surface area contributed by atoms with Gasteiger partial charge in [0.05, 0.1) is 6.20 Å². The van der Waals surface area contributed by atoms with E-state index in [2.05, 4.69) is 19.8 Å². The molecular formula is C16H17ClF3N3O3S. The van der Waals surface area contributed by atoms with Crippen LogP contribution in [-0.2, 0) is 29.7 Å². The number of rotatable bonds is 6. The maximum absolute atomic E-state index is 12.3. The summed E-state index contributed by atoms with van der Waals surface area (Å²) >= 11 is 0. The molecule has 0 spiro atoms. The zero-order chi connectivity index (χ0) is 18.8. The summed E-state index contributed by atoms with van der Waals surface area (Å²) in [5.41, 5.74) is 3.14. The van der Waals surface area contributed by atoms with Crippen molar-refractivity contribution in [1.82, 2.24) is 15.0 Å². The van der Waals surface area contributed by atoms with Gasteiger partial charge in [-0.25, -0.2) is 18.1 Å². The Bertz CT molecular complexity index is 890. The lowest BCUT2D eigenvalue weighted by atomic mass is 10.1. The number of nitrogens with zero attached hydrogens (tertiary/aromatic N) is 1. The van der Waals surface area contributed by atoms with E-state index < -0.39 is 22.8 Å².